The number of amides is 1. The van der Waals surface area contributed by atoms with Crippen LogP contribution >= 0.6 is 11.3 Å². The fourth-order valence-electron chi connectivity index (χ4n) is 2.92. The summed E-state index contributed by atoms with van der Waals surface area (Å²) in [5, 5.41) is 5.91. The number of nitrogens with one attached hydrogen (secondary N) is 1. The maximum absolute atomic E-state index is 12.4. The summed E-state index contributed by atoms with van der Waals surface area (Å²) >= 11 is 1.55. The normalized spacial score (nSPS) is 11.2. The average Bonchev–Trinajstić information content (AvgIpc) is 3.16. The molecule has 1 aromatic heterocycles. The number of carbonyl (C=O) groups excluding carboxylic acids is 1. The van der Waals surface area contributed by atoms with Gasteiger partial charge in [-0.05, 0) is 36.8 Å². The Labute approximate surface area is 170 Å². The molecule has 0 aliphatic heterocycles. The van der Waals surface area contributed by atoms with Gasteiger partial charge in [0.15, 0.2) is 0 Å². The van der Waals surface area contributed by atoms with Crippen LogP contribution < -0.4 is 10.1 Å². The van der Waals surface area contributed by atoms with Crippen molar-refractivity contribution in [3.05, 3.63) is 71.2 Å². The second-order valence-electron chi connectivity index (χ2n) is 7.30. The molecule has 28 heavy (non-hydrogen) atoms. The monoisotopic (exact) mass is 394 g/mol. The number of carbonyl (C=O) groups is 1. The van der Waals surface area contributed by atoms with E-state index in [2.05, 4.69) is 36.3 Å². The SMILES string of the molecule is CCOc1ccc(-c2nc(CC(=O)NCC(C)(C)c3ccccc3)cs2)cc1. The van der Waals surface area contributed by atoms with Crippen LogP contribution in [0.1, 0.15) is 32.0 Å². The van der Waals surface area contributed by atoms with Gasteiger partial charge in [0.1, 0.15) is 10.8 Å². The molecule has 4 nitrogen and oxygen atoms in total. The first-order chi connectivity index (χ1) is 13.5. The summed E-state index contributed by atoms with van der Waals surface area (Å²) in [7, 11) is 0. The van der Waals surface area contributed by atoms with Gasteiger partial charge in [-0.1, -0.05) is 44.2 Å². The number of aromatic nitrogens is 1. The zero-order chi connectivity index (χ0) is 20.0. The van der Waals surface area contributed by atoms with E-state index in [1.54, 1.807) is 11.3 Å². The van der Waals surface area contributed by atoms with E-state index >= 15 is 0 Å². The van der Waals surface area contributed by atoms with Crippen LogP contribution in [-0.4, -0.2) is 24.0 Å². The number of thiazole rings is 1. The van der Waals surface area contributed by atoms with Crippen LogP contribution in [-0.2, 0) is 16.6 Å². The minimum Gasteiger partial charge on any atom is -0.494 e. The summed E-state index contributed by atoms with van der Waals surface area (Å²) < 4.78 is 5.47. The molecule has 1 heterocycles. The van der Waals surface area contributed by atoms with Gasteiger partial charge in [-0.25, -0.2) is 4.98 Å². The van der Waals surface area contributed by atoms with Crippen molar-refractivity contribution >= 4 is 17.2 Å². The van der Waals surface area contributed by atoms with Crippen molar-refractivity contribution in [3.8, 4) is 16.3 Å². The van der Waals surface area contributed by atoms with E-state index in [1.807, 2.05) is 54.8 Å². The number of ether oxygens (including phenoxy) is 1. The molecule has 0 radical (unpaired) electrons. The molecule has 3 rings (SSSR count). The smallest absolute Gasteiger partial charge is 0.226 e. The number of benzene rings is 2. The Morgan fingerprint density at radius 2 is 1.82 bits per heavy atom. The van der Waals surface area contributed by atoms with E-state index in [9.17, 15) is 4.79 Å². The quantitative estimate of drug-likeness (QED) is 0.594. The van der Waals surface area contributed by atoms with E-state index in [4.69, 9.17) is 4.74 Å². The van der Waals surface area contributed by atoms with Crippen molar-refractivity contribution in [2.45, 2.75) is 32.6 Å². The summed E-state index contributed by atoms with van der Waals surface area (Å²) in [4.78, 5) is 17.0. The molecule has 0 saturated carbocycles. The van der Waals surface area contributed by atoms with Crippen molar-refractivity contribution in [2.24, 2.45) is 0 Å². The van der Waals surface area contributed by atoms with Crippen molar-refractivity contribution in [1.82, 2.24) is 10.3 Å². The molecule has 0 bridgehead atoms. The maximum Gasteiger partial charge on any atom is 0.226 e. The number of hydrogen-bond acceptors (Lipinski definition) is 4. The van der Waals surface area contributed by atoms with Crippen molar-refractivity contribution in [3.63, 3.8) is 0 Å². The Hall–Kier alpha value is -2.66. The van der Waals surface area contributed by atoms with Crippen LogP contribution in [0.4, 0.5) is 0 Å². The van der Waals surface area contributed by atoms with Crippen LogP contribution in [0.15, 0.2) is 60.0 Å². The first-order valence-electron chi connectivity index (χ1n) is 9.48. The Morgan fingerprint density at radius 1 is 1.11 bits per heavy atom. The first kappa shape index (κ1) is 20.1. The molecule has 1 N–H and O–H groups in total. The van der Waals surface area contributed by atoms with Gasteiger partial charge in [0.2, 0.25) is 5.91 Å². The molecule has 0 saturated heterocycles. The summed E-state index contributed by atoms with van der Waals surface area (Å²) in [5.74, 6) is 0.844. The van der Waals surface area contributed by atoms with E-state index in [0.29, 0.717) is 19.6 Å². The topological polar surface area (TPSA) is 51.2 Å². The molecule has 0 aliphatic rings. The molecule has 2 aromatic carbocycles. The highest BCUT2D eigenvalue weighted by Gasteiger charge is 2.21. The van der Waals surface area contributed by atoms with E-state index < -0.39 is 0 Å². The molecule has 0 unspecified atom stereocenters. The first-order valence-corrected chi connectivity index (χ1v) is 10.4. The zero-order valence-electron chi connectivity index (χ0n) is 16.6. The minimum absolute atomic E-state index is 0.00690. The van der Waals surface area contributed by atoms with Gasteiger partial charge in [0, 0.05) is 22.9 Å². The molecule has 0 fully saturated rings. The van der Waals surface area contributed by atoms with Crippen LogP contribution in [0.5, 0.6) is 5.75 Å². The van der Waals surface area contributed by atoms with Crippen LogP contribution in [0.25, 0.3) is 10.6 Å². The summed E-state index contributed by atoms with van der Waals surface area (Å²) in [5.41, 5.74) is 2.92. The Bertz CT molecular complexity index is 902. The van der Waals surface area contributed by atoms with Gasteiger partial charge in [0.25, 0.3) is 0 Å². The lowest BCUT2D eigenvalue weighted by atomic mass is 9.84. The number of hydrogen-bond donors (Lipinski definition) is 1. The predicted octanol–water partition coefficient (Wildman–Crippen LogP) is 4.85. The molecule has 0 aliphatic carbocycles. The Balaban J connectivity index is 1.56. The molecule has 5 heteroatoms. The highest BCUT2D eigenvalue weighted by molar-refractivity contribution is 7.13. The average molecular weight is 395 g/mol. The predicted molar refractivity (Wildman–Crippen MR) is 115 cm³/mol. The highest BCUT2D eigenvalue weighted by Crippen LogP contribution is 2.26. The molecule has 146 valence electrons. The van der Waals surface area contributed by atoms with Gasteiger partial charge < -0.3 is 10.1 Å². The second-order valence-corrected chi connectivity index (χ2v) is 8.16. The van der Waals surface area contributed by atoms with Crippen molar-refractivity contribution < 1.29 is 9.53 Å². The largest absolute Gasteiger partial charge is 0.494 e. The molecule has 3 aromatic rings. The third kappa shape index (κ3) is 5.20. The Morgan fingerprint density at radius 3 is 2.50 bits per heavy atom. The third-order valence-corrected chi connectivity index (χ3v) is 5.53. The number of rotatable bonds is 8. The van der Waals surface area contributed by atoms with Gasteiger partial charge >= 0.3 is 0 Å². The molecule has 0 atom stereocenters. The zero-order valence-corrected chi connectivity index (χ0v) is 17.4. The van der Waals surface area contributed by atoms with Gasteiger partial charge in [-0.2, -0.15) is 0 Å². The fraction of sp³-hybridized carbons (Fsp3) is 0.304. The van der Waals surface area contributed by atoms with E-state index in [0.717, 1.165) is 22.0 Å². The molecule has 0 spiro atoms. The summed E-state index contributed by atoms with van der Waals surface area (Å²) in [6.45, 7) is 7.47. The highest BCUT2D eigenvalue weighted by atomic mass is 32.1. The molecule has 1 amide bonds. The summed E-state index contributed by atoms with van der Waals surface area (Å²) in [6.07, 6.45) is 0.290. The number of nitrogens with zero attached hydrogens (tertiary/aromatic N) is 1. The van der Waals surface area contributed by atoms with E-state index in [1.165, 1.54) is 5.56 Å². The second kappa shape index (κ2) is 9.02. The standard InChI is InChI=1S/C23H26N2O2S/c1-4-27-20-12-10-17(11-13-20)22-25-19(15-28-22)14-21(26)24-16-23(2,3)18-8-6-5-7-9-18/h5-13,15H,4,14,16H2,1-3H3,(H,24,26). The fourth-order valence-corrected chi connectivity index (χ4v) is 3.74. The van der Waals surface area contributed by atoms with E-state index in [-0.39, 0.29) is 11.3 Å². The van der Waals surface area contributed by atoms with Gasteiger partial charge in [-0.3, -0.25) is 4.79 Å². The molecular weight excluding hydrogens is 368 g/mol. The van der Waals surface area contributed by atoms with Crippen molar-refractivity contribution in [1.29, 1.82) is 0 Å². The lowest BCUT2D eigenvalue weighted by molar-refractivity contribution is -0.120. The third-order valence-electron chi connectivity index (χ3n) is 4.59. The van der Waals surface area contributed by atoms with Crippen LogP contribution in [0, 0.1) is 0 Å². The van der Waals surface area contributed by atoms with Crippen LogP contribution in [0.2, 0.25) is 0 Å². The lowest BCUT2D eigenvalue weighted by Crippen LogP contribution is -2.37. The molecular formula is C23H26N2O2S. The van der Waals surface area contributed by atoms with Crippen molar-refractivity contribution in [2.75, 3.05) is 13.2 Å². The van der Waals surface area contributed by atoms with Crippen LogP contribution in [0.3, 0.4) is 0 Å². The van der Waals surface area contributed by atoms with Gasteiger partial charge in [-0.15, -0.1) is 11.3 Å². The lowest BCUT2D eigenvalue weighted by Gasteiger charge is -2.25. The maximum atomic E-state index is 12.4. The Kier molecular flexibility index (Phi) is 6.47. The van der Waals surface area contributed by atoms with Gasteiger partial charge in [0.05, 0.1) is 18.7 Å². The summed E-state index contributed by atoms with van der Waals surface area (Å²) in [6, 6.07) is 18.1. The minimum atomic E-state index is -0.119.